The molecule has 0 aliphatic carbocycles. The number of halogens is 1. The molecule has 1 atom stereocenters. The van der Waals surface area contributed by atoms with Gasteiger partial charge in [-0.15, -0.1) is 0 Å². The van der Waals surface area contributed by atoms with E-state index in [9.17, 15) is 9.18 Å². The van der Waals surface area contributed by atoms with Crippen LogP contribution in [0.4, 0.5) is 4.39 Å². The summed E-state index contributed by atoms with van der Waals surface area (Å²) in [5.41, 5.74) is 1.66. The second kappa shape index (κ2) is 7.30. The molecule has 0 saturated carbocycles. The van der Waals surface area contributed by atoms with Gasteiger partial charge in [0.15, 0.2) is 0 Å². The SMILES string of the molecule is CCNC(=O)[C@H]1CCCN(Cc2nc3cc(F)ccc3n2CC)C1. The van der Waals surface area contributed by atoms with E-state index in [-0.39, 0.29) is 17.6 Å². The zero-order valence-corrected chi connectivity index (χ0v) is 14.4. The number of amides is 1. The number of hydrogen-bond acceptors (Lipinski definition) is 3. The third-order valence-corrected chi connectivity index (χ3v) is 4.70. The van der Waals surface area contributed by atoms with E-state index in [0.29, 0.717) is 18.6 Å². The van der Waals surface area contributed by atoms with Crippen molar-refractivity contribution in [1.82, 2.24) is 19.8 Å². The zero-order chi connectivity index (χ0) is 17.1. The number of nitrogens with zero attached hydrogens (tertiary/aromatic N) is 3. The second-order valence-electron chi connectivity index (χ2n) is 6.37. The van der Waals surface area contributed by atoms with Crippen LogP contribution in [0.2, 0.25) is 0 Å². The molecule has 0 bridgehead atoms. The lowest BCUT2D eigenvalue weighted by Crippen LogP contribution is -2.42. The number of carbonyl (C=O) groups excluding carboxylic acids is 1. The Morgan fingerprint density at radius 3 is 3.00 bits per heavy atom. The second-order valence-corrected chi connectivity index (χ2v) is 6.37. The van der Waals surface area contributed by atoms with Crippen LogP contribution in [0.1, 0.15) is 32.5 Å². The molecule has 2 aromatic rings. The molecule has 0 radical (unpaired) electrons. The minimum Gasteiger partial charge on any atom is -0.356 e. The maximum atomic E-state index is 13.4. The van der Waals surface area contributed by atoms with E-state index < -0.39 is 0 Å². The summed E-state index contributed by atoms with van der Waals surface area (Å²) in [5.74, 6) is 0.877. The Hall–Kier alpha value is -1.95. The number of likely N-dealkylation sites (tertiary alicyclic amines) is 1. The molecule has 1 aliphatic heterocycles. The smallest absolute Gasteiger partial charge is 0.224 e. The van der Waals surface area contributed by atoms with Crippen molar-refractivity contribution < 1.29 is 9.18 Å². The Labute approximate surface area is 141 Å². The van der Waals surface area contributed by atoms with Gasteiger partial charge >= 0.3 is 0 Å². The van der Waals surface area contributed by atoms with Gasteiger partial charge in [0.05, 0.1) is 23.5 Å². The van der Waals surface area contributed by atoms with Gasteiger partial charge in [0.2, 0.25) is 5.91 Å². The normalized spacial score (nSPS) is 18.9. The first-order valence-electron chi connectivity index (χ1n) is 8.77. The highest BCUT2D eigenvalue weighted by Crippen LogP contribution is 2.22. The molecule has 1 aromatic carbocycles. The summed E-state index contributed by atoms with van der Waals surface area (Å²) in [4.78, 5) is 19.0. The van der Waals surface area contributed by atoms with Crippen LogP contribution in [-0.2, 0) is 17.9 Å². The summed E-state index contributed by atoms with van der Waals surface area (Å²) in [6.45, 7) is 7.91. The summed E-state index contributed by atoms with van der Waals surface area (Å²) in [7, 11) is 0. The molecule has 3 rings (SSSR count). The minimum absolute atomic E-state index is 0.0515. The van der Waals surface area contributed by atoms with Gasteiger partial charge in [0, 0.05) is 25.7 Å². The molecule has 130 valence electrons. The molecular formula is C18H25FN4O. The van der Waals surface area contributed by atoms with Crippen molar-refractivity contribution in [1.29, 1.82) is 0 Å². The number of piperidine rings is 1. The molecule has 0 spiro atoms. The quantitative estimate of drug-likeness (QED) is 0.915. The molecule has 1 fully saturated rings. The van der Waals surface area contributed by atoms with Crippen molar-refractivity contribution in [2.75, 3.05) is 19.6 Å². The summed E-state index contributed by atoms with van der Waals surface area (Å²) in [5, 5.41) is 2.92. The van der Waals surface area contributed by atoms with Gasteiger partial charge in [0.25, 0.3) is 0 Å². The fourth-order valence-electron chi connectivity index (χ4n) is 3.56. The van der Waals surface area contributed by atoms with Crippen LogP contribution >= 0.6 is 0 Å². The van der Waals surface area contributed by atoms with Gasteiger partial charge in [0.1, 0.15) is 11.6 Å². The molecule has 6 heteroatoms. The van der Waals surface area contributed by atoms with Crippen molar-refractivity contribution in [3.05, 3.63) is 29.8 Å². The molecule has 1 aromatic heterocycles. The zero-order valence-electron chi connectivity index (χ0n) is 14.4. The average molecular weight is 332 g/mol. The first-order chi connectivity index (χ1) is 11.6. The lowest BCUT2D eigenvalue weighted by atomic mass is 9.97. The summed E-state index contributed by atoms with van der Waals surface area (Å²) >= 11 is 0. The first-order valence-corrected chi connectivity index (χ1v) is 8.77. The molecule has 1 amide bonds. The van der Waals surface area contributed by atoms with Crippen LogP contribution in [0.15, 0.2) is 18.2 Å². The van der Waals surface area contributed by atoms with Crippen LogP contribution in [0.3, 0.4) is 0 Å². The Morgan fingerprint density at radius 2 is 2.25 bits per heavy atom. The van der Waals surface area contributed by atoms with Gasteiger partial charge in [-0.25, -0.2) is 9.37 Å². The highest BCUT2D eigenvalue weighted by molar-refractivity contribution is 5.79. The number of carbonyl (C=O) groups is 1. The molecule has 1 N–H and O–H groups in total. The Kier molecular flexibility index (Phi) is 5.14. The highest BCUT2D eigenvalue weighted by atomic mass is 19.1. The number of aryl methyl sites for hydroxylation is 1. The van der Waals surface area contributed by atoms with Gasteiger partial charge < -0.3 is 9.88 Å². The monoisotopic (exact) mass is 332 g/mol. The maximum Gasteiger partial charge on any atom is 0.224 e. The standard InChI is InChI=1S/C18H25FN4O/c1-3-20-18(24)13-6-5-9-22(11-13)12-17-21-15-10-14(19)7-8-16(15)23(17)4-2/h7-8,10,13H,3-6,9,11-12H2,1-2H3,(H,20,24)/t13-/m0/s1. The van der Waals surface area contributed by atoms with E-state index in [4.69, 9.17) is 0 Å². The van der Waals surface area contributed by atoms with Crippen molar-refractivity contribution in [3.8, 4) is 0 Å². The third-order valence-electron chi connectivity index (χ3n) is 4.70. The van der Waals surface area contributed by atoms with E-state index in [1.807, 2.05) is 6.92 Å². The minimum atomic E-state index is -0.260. The molecule has 5 nitrogen and oxygen atoms in total. The molecular weight excluding hydrogens is 307 g/mol. The van der Waals surface area contributed by atoms with Crippen LogP contribution in [0, 0.1) is 11.7 Å². The van der Waals surface area contributed by atoms with Crippen molar-refractivity contribution >= 4 is 16.9 Å². The van der Waals surface area contributed by atoms with E-state index in [0.717, 1.165) is 43.8 Å². The number of fused-ring (bicyclic) bond motifs is 1. The third kappa shape index (κ3) is 3.43. The summed E-state index contributed by atoms with van der Waals surface area (Å²) < 4.78 is 15.6. The number of aromatic nitrogens is 2. The fraction of sp³-hybridized carbons (Fsp3) is 0.556. The van der Waals surface area contributed by atoms with Crippen LogP contribution < -0.4 is 5.32 Å². The highest BCUT2D eigenvalue weighted by Gasteiger charge is 2.26. The van der Waals surface area contributed by atoms with Crippen LogP contribution in [-0.4, -0.2) is 40.0 Å². The van der Waals surface area contributed by atoms with Gasteiger partial charge in [-0.05, 0) is 45.4 Å². The van der Waals surface area contributed by atoms with Crippen molar-refractivity contribution in [2.45, 2.75) is 39.8 Å². The number of hydrogen-bond donors (Lipinski definition) is 1. The Bertz CT molecular complexity index is 727. The molecule has 24 heavy (non-hydrogen) atoms. The first kappa shape index (κ1) is 16.9. The van der Waals surface area contributed by atoms with E-state index in [1.54, 1.807) is 6.07 Å². The largest absolute Gasteiger partial charge is 0.356 e. The number of benzene rings is 1. The van der Waals surface area contributed by atoms with E-state index in [2.05, 4.69) is 26.7 Å². The Morgan fingerprint density at radius 1 is 1.42 bits per heavy atom. The van der Waals surface area contributed by atoms with Crippen LogP contribution in [0.5, 0.6) is 0 Å². The van der Waals surface area contributed by atoms with Crippen LogP contribution in [0.25, 0.3) is 11.0 Å². The molecule has 2 heterocycles. The van der Waals surface area contributed by atoms with Crippen molar-refractivity contribution in [3.63, 3.8) is 0 Å². The molecule has 0 unspecified atom stereocenters. The van der Waals surface area contributed by atoms with Crippen molar-refractivity contribution in [2.24, 2.45) is 5.92 Å². The molecule has 1 saturated heterocycles. The van der Waals surface area contributed by atoms with Gasteiger partial charge in [-0.2, -0.15) is 0 Å². The summed E-state index contributed by atoms with van der Waals surface area (Å²) in [6, 6.07) is 4.75. The molecule has 1 aliphatic rings. The lowest BCUT2D eigenvalue weighted by Gasteiger charge is -2.31. The number of nitrogens with one attached hydrogen (secondary N) is 1. The predicted molar refractivity (Wildman–Crippen MR) is 92.0 cm³/mol. The van der Waals surface area contributed by atoms with E-state index in [1.165, 1.54) is 12.1 Å². The fourth-order valence-corrected chi connectivity index (χ4v) is 3.56. The maximum absolute atomic E-state index is 13.4. The Balaban J connectivity index is 1.78. The van der Waals surface area contributed by atoms with Gasteiger partial charge in [-0.3, -0.25) is 9.69 Å². The number of imidazole rings is 1. The summed E-state index contributed by atoms with van der Waals surface area (Å²) in [6.07, 6.45) is 1.96. The average Bonchev–Trinajstić information content (AvgIpc) is 2.91. The lowest BCUT2D eigenvalue weighted by molar-refractivity contribution is -0.126. The topological polar surface area (TPSA) is 50.2 Å². The van der Waals surface area contributed by atoms with Gasteiger partial charge in [-0.1, -0.05) is 0 Å². The van der Waals surface area contributed by atoms with E-state index >= 15 is 0 Å². The number of rotatable bonds is 5. The predicted octanol–water partition coefficient (Wildman–Crippen LogP) is 2.54.